The van der Waals surface area contributed by atoms with Crippen LogP contribution in [-0.4, -0.2) is 30.1 Å². The highest BCUT2D eigenvalue weighted by Crippen LogP contribution is 2.34. The van der Waals surface area contributed by atoms with Gasteiger partial charge in [-0.2, -0.15) is 0 Å². The van der Waals surface area contributed by atoms with Gasteiger partial charge in [-0.3, -0.25) is 4.79 Å². The quantitative estimate of drug-likeness (QED) is 0.885. The average molecular weight is 258 g/mol. The fourth-order valence-electron chi connectivity index (χ4n) is 2.62. The summed E-state index contributed by atoms with van der Waals surface area (Å²) in [6.45, 7) is 0.585. The molecule has 1 saturated carbocycles. The molecule has 1 aliphatic carbocycles. The maximum atomic E-state index is 12.2. The van der Waals surface area contributed by atoms with Crippen LogP contribution in [0.2, 0.25) is 0 Å². The van der Waals surface area contributed by atoms with Crippen LogP contribution in [0, 0.1) is 0 Å². The Morgan fingerprint density at radius 3 is 2.89 bits per heavy atom. The van der Waals surface area contributed by atoms with Crippen molar-refractivity contribution in [3.8, 4) is 0 Å². The lowest BCUT2D eigenvalue weighted by atomic mass is 9.80. The molecule has 0 spiro atoms. The second kappa shape index (κ2) is 4.70. The number of amides is 1. The van der Waals surface area contributed by atoms with E-state index >= 15 is 0 Å². The lowest BCUT2D eigenvalue weighted by molar-refractivity contribution is -0.0679. The summed E-state index contributed by atoms with van der Waals surface area (Å²) in [5.41, 5.74) is 1.54. The number of fused-ring (bicyclic) bond motifs is 1. The van der Waals surface area contributed by atoms with Gasteiger partial charge in [0.25, 0.3) is 5.91 Å². The Kier molecular flexibility index (Phi) is 3.03. The molecule has 1 aliphatic rings. The molecule has 1 amide bonds. The molecule has 1 aromatic carbocycles. The number of rotatable bonds is 4. The highest BCUT2D eigenvalue weighted by atomic mass is 16.5. The first-order valence-corrected chi connectivity index (χ1v) is 6.64. The number of hydrogen-bond donors (Lipinski definition) is 2. The lowest BCUT2D eigenvalue weighted by Crippen LogP contribution is -2.49. The summed E-state index contributed by atoms with van der Waals surface area (Å²) < 4.78 is 5.51. The molecule has 4 nitrogen and oxygen atoms in total. The number of nitrogens with one attached hydrogen (secondary N) is 2. The number of aromatic amines is 1. The fraction of sp³-hybridized carbons (Fsp3) is 0.400. The molecule has 1 heterocycles. The second-order valence-corrected chi connectivity index (χ2v) is 5.17. The molecule has 0 atom stereocenters. The molecule has 2 N–H and O–H groups in total. The van der Waals surface area contributed by atoms with E-state index in [0.717, 1.165) is 23.7 Å². The van der Waals surface area contributed by atoms with Crippen LogP contribution in [0.1, 0.15) is 29.6 Å². The number of carbonyl (C=O) groups is 1. The molecule has 1 aromatic heterocycles. The van der Waals surface area contributed by atoms with Gasteiger partial charge in [0.05, 0.1) is 11.2 Å². The molecule has 3 rings (SSSR count). The van der Waals surface area contributed by atoms with Crippen molar-refractivity contribution >= 4 is 16.8 Å². The van der Waals surface area contributed by atoms with E-state index in [1.807, 2.05) is 24.3 Å². The molecule has 2 aromatic rings. The minimum Gasteiger partial charge on any atom is -0.376 e. The molecule has 0 radical (unpaired) electrons. The summed E-state index contributed by atoms with van der Waals surface area (Å²) >= 11 is 0. The normalized spacial score (nSPS) is 17.1. The standard InChI is InChI=1S/C15H18N2O2/c1-19-15(7-4-8-15)10-17-14(18)12-9-16-13-6-3-2-5-11(12)13/h2-3,5-6,9,16H,4,7-8,10H2,1H3,(H,17,18). The predicted molar refractivity (Wildman–Crippen MR) is 74.2 cm³/mol. The van der Waals surface area contributed by atoms with Crippen LogP contribution in [0.4, 0.5) is 0 Å². The lowest BCUT2D eigenvalue weighted by Gasteiger charge is -2.40. The first kappa shape index (κ1) is 12.2. The minimum absolute atomic E-state index is 0.0409. The van der Waals surface area contributed by atoms with Gasteiger partial charge in [0.2, 0.25) is 0 Å². The molecule has 100 valence electrons. The number of methoxy groups -OCH3 is 1. The third-order valence-electron chi connectivity index (χ3n) is 4.10. The molecular weight excluding hydrogens is 240 g/mol. The smallest absolute Gasteiger partial charge is 0.253 e. The Balaban J connectivity index is 1.73. The summed E-state index contributed by atoms with van der Waals surface area (Å²) in [4.78, 5) is 15.4. The molecule has 0 aliphatic heterocycles. The number of hydrogen-bond acceptors (Lipinski definition) is 2. The van der Waals surface area contributed by atoms with E-state index in [4.69, 9.17) is 4.74 Å². The molecule has 0 unspecified atom stereocenters. The summed E-state index contributed by atoms with van der Waals surface area (Å²) in [5.74, 6) is -0.0409. The number of ether oxygens (including phenoxy) is 1. The number of carbonyl (C=O) groups excluding carboxylic acids is 1. The molecule has 4 heteroatoms. The zero-order valence-electron chi connectivity index (χ0n) is 11.0. The van der Waals surface area contributed by atoms with E-state index in [1.165, 1.54) is 6.42 Å². The highest BCUT2D eigenvalue weighted by molar-refractivity contribution is 6.06. The molecule has 1 fully saturated rings. The largest absolute Gasteiger partial charge is 0.376 e. The van der Waals surface area contributed by atoms with E-state index in [-0.39, 0.29) is 11.5 Å². The van der Waals surface area contributed by atoms with E-state index in [1.54, 1.807) is 13.3 Å². The third-order valence-corrected chi connectivity index (χ3v) is 4.10. The molecule has 0 bridgehead atoms. The summed E-state index contributed by atoms with van der Waals surface area (Å²) in [6, 6.07) is 7.81. The van der Waals surface area contributed by atoms with Crippen LogP contribution in [0.3, 0.4) is 0 Å². The summed E-state index contributed by atoms with van der Waals surface area (Å²) in [5, 5.41) is 3.95. The van der Waals surface area contributed by atoms with Crippen LogP contribution >= 0.6 is 0 Å². The van der Waals surface area contributed by atoms with Crippen molar-refractivity contribution < 1.29 is 9.53 Å². The first-order valence-electron chi connectivity index (χ1n) is 6.64. The van der Waals surface area contributed by atoms with Crippen LogP contribution in [0.25, 0.3) is 10.9 Å². The van der Waals surface area contributed by atoms with Gasteiger partial charge in [0.15, 0.2) is 0 Å². The Labute approximate surface area is 112 Å². The zero-order chi connectivity index (χ0) is 13.3. The van der Waals surface area contributed by atoms with Crippen molar-refractivity contribution in [3.63, 3.8) is 0 Å². The van der Waals surface area contributed by atoms with Crippen LogP contribution in [0.5, 0.6) is 0 Å². The average Bonchev–Trinajstić information content (AvgIpc) is 2.81. The van der Waals surface area contributed by atoms with Crippen molar-refractivity contribution in [1.29, 1.82) is 0 Å². The van der Waals surface area contributed by atoms with Gasteiger partial charge in [0, 0.05) is 30.8 Å². The second-order valence-electron chi connectivity index (χ2n) is 5.17. The van der Waals surface area contributed by atoms with Crippen molar-refractivity contribution in [1.82, 2.24) is 10.3 Å². The number of H-pyrrole nitrogens is 1. The van der Waals surface area contributed by atoms with Gasteiger partial charge in [-0.1, -0.05) is 18.2 Å². The maximum Gasteiger partial charge on any atom is 0.253 e. The number of benzene rings is 1. The monoisotopic (exact) mass is 258 g/mol. The van der Waals surface area contributed by atoms with Crippen molar-refractivity contribution in [2.45, 2.75) is 24.9 Å². The van der Waals surface area contributed by atoms with Gasteiger partial charge in [-0.15, -0.1) is 0 Å². The van der Waals surface area contributed by atoms with Crippen molar-refractivity contribution in [3.05, 3.63) is 36.0 Å². The predicted octanol–water partition coefficient (Wildman–Crippen LogP) is 2.47. The Hall–Kier alpha value is -1.81. The van der Waals surface area contributed by atoms with Gasteiger partial charge < -0.3 is 15.0 Å². The topological polar surface area (TPSA) is 54.1 Å². The zero-order valence-corrected chi connectivity index (χ0v) is 11.0. The summed E-state index contributed by atoms with van der Waals surface area (Å²) in [7, 11) is 1.72. The van der Waals surface area contributed by atoms with Gasteiger partial charge in [-0.25, -0.2) is 0 Å². The van der Waals surface area contributed by atoms with Gasteiger partial charge in [-0.05, 0) is 25.3 Å². The van der Waals surface area contributed by atoms with E-state index in [9.17, 15) is 4.79 Å². The first-order chi connectivity index (χ1) is 9.24. The highest BCUT2D eigenvalue weighted by Gasteiger charge is 2.37. The van der Waals surface area contributed by atoms with Gasteiger partial charge in [0.1, 0.15) is 0 Å². The van der Waals surface area contributed by atoms with Gasteiger partial charge >= 0.3 is 0 Å². The van der Waals surface area contributed by atoms with E-state index in [2.05, 4.69) is 10.3 Å². The third kappa shape index (κ3) is 2.12. The Bertz CT molecular complexity index is 593. The van der Waals surface area contributed by atoms with E-state index < -0.39 is 0 Å². The van der Waals surface area contributed by atoms with Crippen LogP contribution in [0.15, 0.2) is 30.5 Å². The molecule has 0 saturated heterocycles. The fourth-order valence-corrected chi connectivity index (χ4v) is 2.62. The molecular formula is C15H18N2O2. The van der Waals surface area contributed by atoms with Crippen LogP contribution in [-0.2, 0) is 4.74 Å². The number of para-hydroxylation sites is 1. The van der Waals surface area contributed by atoms with Crippen LogP contribution < -0.4 is 5.32 Å². The Morgan fingerprint density at radius 1 is 1.42 bits per heavy atom. The Morgan fingerprint density at radius 2 is 2.21 bits per heavy atom. The SMILES string of the molecule is COC1(CNC(=O)c2c[nH]c3ccccc23)CCC1. The maximum absolute atomic E-state index is 12.2. The number of aromatic nitrogens is 1. The van der Waals surface area contributed by atoms with Crippen molar-refractivity contribution in [2.24, 2.45) is 0 Å². The van der Waals surface area contributed by atoms with E-state index in [0.29, 0.717) is 12.1 Å². The summed E-state index contributed by atoms with van der Waals surface area (Å²) in [6.07, 6.45) is 4.99. The molecule has 19 heavy (non-hydrogen) atoms. The minimum atomic E-state index is -0.137. The van der Waals surface area contributed by atoms with Crippen molar-refractivity contribution in [2.75, 3.05) is 13.7 Å².